The van der Waals surface area contributed by atoms with Gasteiger partial charge in [-0.3, -0.25) is 9.59 Å². The summed E-state index contributed by atoms with van der Waals surface area (Å²) in [5.41, 5.74) is 2.14. The molecule has 0 spiro atoms. The second kappa shape index (κ2) is 10.6. The molecule has 0 bridgehead atoms. The number of thiophene rings is 1. The number of methoxy groups -OCH3 is 1. The summed E-state index contributed by atoms with van der Waals surface area (Å²) < 4.78 is 11.0. The summed E-state index contributed by atoms with van der Waals surface area (Å²) in [6.45, 7) is 5.34. The van der Waals surface area contributed by atoms with E-state index in [1.807, 2.05) is 36.1 Å². The lowest BCUT2D eigenvalue weighted by Crippen LogP contribution is -2.51. The van der Waals surface area contributed by atoms with Crippen molar-refractivity contribution >= 4 is 23.2 Å². The highest BCUT2D eigenvalue weighted by Crippen LogP contribution is 2.24. The number of nitrogens with one attached hydrogen (secondary N) is 1. The monoisotopic (exact) mass is 430 g/mol. The molecule has 1 aromatic heterocycles. The highest BCUT2D eigenvalue weighted by atomic mass is 32.1. The molecular formula is C23H30N2O4S. The molecule has 30 heavy (non-hydrogen) atoms. The fourth-order valence-electron chi connectivity index (χ4n) is 3.55. The fourth-order valence-corrected chi connectivity index (χ4v) is 4.44. The Morgan fingerprint density at radius 1 is 1.30 bits per heavy atom. The summed E-state index contributed by atoms with van der Waals surface area (Å²) in [7, 11) is 1.61. The van der Waals surface area contributed by atoms with Gasteiger partial charge in [0.05, 0.1) is 13.7 Å². The second-order valence-corrected chi connectivity index (χ2v) is 8.53. The lowest BCUT2D eigenvalue weighted by molar-refractivity contribution is -0.141. The van der Waals surface area contributed by atoms with Gasteiger partial charge in [-0.05, 0) is 54.5 Å². The molecule has 0 saturated carbocycles. The van der Waals surface area contributed by atoms with Gasteiger partial charge in [-0.1, -0.05) is 25.5 Å². The summed E-state index contributed by atoms with van der Waals surface area (Å²) in [6, 6.07) is 9.11. The molecule has 1 aromatic carbocycles. The maximum atomic E-state index is 13.1. The van der Waals surface area contributed by atoms with Gasteiger partial charge >= 0.3 is 0 Å². The number of ether oxygens (including phenoxy) is 2. The third-order valence-corrected chi connectivity index (χ3v) is 6.34. The minimum Gasteiger partial charge on any atom is -0.497 e. The molecule has 162 valence electrons. The van der Waals surface area contributed by atoms with Crippen molar-refractivity contribution in [3.63, 3.8) is 0 Å². The molecule has 2 atom stereocenters. The van der Waals surface area contributed by atoms with Gasteiger partial charge in [0.25, 0.3) is 0 Å². The summed E-state index contributed by atoms with van der Waals surface area (Å²) in [5.74, 6) is 0.470. The predicted octanol–water partition coefficient (Wildman–Crippen LogP) is 3.53. The van der Waals surface area contributed by atoms with Crippen LogP contribution >= 0.6 is 11.3 Å². The highest BCUT2D eigenvalue weighted by molar-refractivity contribution is 7.10. The van der Waals surface area contributed by atoms with Crippen LogP contribution in [-0.4, -0.2) is 42.5 Å². The van der Waals surface area contributed by atoms with Crippen molar-refractivity contribution in [2.24, 2.45) is 0 Å². The number of fused-ring (bicyclic) bond motifs is 1. The molecule has 2 aromatic rings. The van der Waals surface area contributed by atoms with E-state index in [0.717, 1.165) is 24.2 Å². The Balaban J connectivity index is 1.55. The Labute approximate surface area is 182 Å². The van der Waals surface area contributed by atoms with Gasteiger partial charge in [0, 0.05) is 18.0 Å². The van der Waals surface area contributed by atoms with Crippen molar-refractivity contribution in [2.75, 3.05) is 13.7 Å². The largest absolute Gasteiger partial charge is 0.497 e. The predicted molar refractivity (Wildman–Crippen MR) is 118 cm³/mol. The van der Waals surface area contributed by atoms with Gasteiger partial charge in [-0.25, -0.2) is 0 Å². The SMILES string of the molecule is CCCC(NC(=O)C(C)OCc1cccc(OC)c1)C(=O)N1CCc2sccc2C1. The molecule has 0 fully saturated rings. The number of hydrogen-bond donors (Lipinski definition) is 1. The molecule has 6 nitrogen and oxygen atoms in total. The minimum absolute atomic E-state index is 0.0120. The molecule has 2 heterocycles. The van der Waals surface area contributed by atoms with Crippen molar-refractivity contribution in [1.29, 1.82) is 0 Å². The second-order valence-electron chi connectivity index (χ2n) is 7.53. The van der Waals surface area contributed by atoms with E-state index < -0.39 is 12.1 Å². The first kappa shape index (κ1) is 22.3. The average Bonchev–Trinajstić information content (AvgIpc) is 3.24. The Morgan fingerprint density at radius 2 is 2.13 bits per heavy atom. The quantitative estimate of drug-likeness (QED) is 0.661. The van der Waals surface area contributed by atoms with Crippen LogP contribution < -0.4 is 10.1 Å². The van der Waals surface area contributed by atoms with Crippen molar-refractivity contribution in [2.45, 2.75) is 58.4 Å². The number of benzene rings is 1. The fraction of sp³-hybridized carbons (Fsp3) is 0.478. The standard InChI is InChI=1S/C23H30N2O4S/c1-4-6-20(23(27)25-11-9-21-18(14-25)10-12-30-21)24-22(26)16(2)29-15-17-7-5-8-19(13-17)28-3/h5,7-8,10,12-13,16,20H,4,6,9,11,14-15H2,1-3H3,(H,24,26). The topological polar surface area (TPSA) is 67.9 Å². The first-order valence-electron chi connectivity index (χ1n) is 10.4. The molecule has 3 rings (SSSR count). The van der Waals surface area contributed by atoms with Crippen molar-refractivity contribution in [3.05, 3.63) is 51.7 Å². The molecule has 0 radical (unpaired) electrons. The first-order valence-corrected chi connectivity index (χ1v) is 11.3. The Kier molecular flexibility index (Phi) is 7.87. The van der Waals surface area contributed by atoms with Crippen LogP contribution in [0.4, 0.5) is 0 Å². The maximum absolute atomic E-state index is 13.1. The molecule has 0 aliphatic carbocycles. The molecule has 7 heteroatoms. The third kappa shape index (κ3) is 5.61. The van der Waals surface area contributed by atoms with E-state index in [1.165, 1.54) is 10.4 Å². The van der Waals surface area contributed by atoms with Crippen LogP contribution in [0.25, 0.3) is 0 Å². The van der Waals surface area contributed by atoms with Gasteiger partial charge in [0.1, 0.15) is 17.9 Å². The number of carbonyl (C=O) groups excluding carboxylic acids is 2. The zero-order chi connectivity index (χ0) is 21.5. The van der Waals surface area contributed by atoms with E-state index in [-0.39, 0.29) is 11.8 Å². The number of rotatable bonds is 9. The zero-order valence-corrected chi connectivity index (χ0v) is 18.7. The van der Waals surface area contributed by atoms with E-state index >= 15 is 0 Å². The van der Waals surface area contributed by atoms with E-state index in [9.17, 15) is 9.59 Å². The van der Waals surface area contributed by atoms with E-state index in [0.29, 0.717) is 26.1 Å². The lowest BCUT2D eigenvalue weighted by atomic mass is 10.1. The Hall–Kier alpha value is -2.38. The lowest BCUT2D eigenvalue weighted by Gasteiger charge is -2.31. The van der Waals surface area contributed by atoms with Crippen LogP contribution in [0, 0.1) is 0 Å². The van der Waals surface area contributed by atoms with E-state index in [4.69, 9.17) is 9.47 Å². The molecular weight excluding hydrogens is 400 g/mol. The summed E-state index contributed by atoms with van der Waals surface area (Å²) in [6.07, 6.45) is 1.65. The number of hydrogen-bond acceptors (Lipinski definition) is 5. The van der Waals surface area contributed by atoms with Crippen LogP contribution in [0.3, 0.4) is 0 Å². The smallest absolute Gasteiger partial charge is 0.249 e. The Bertz CT molecular complexity index is 866. The minimum atomic E-state index is -0.659. The first-order chi connectivity index (χ1) is 14.5. The van der Waals surface area contributed by atoms with Crippen LogP contribution in [0.1, 0.15) is 42.7 Å². The molecule has 1 N–H and O–H groups in total. The van der Waals surface area contributed by atoms with Gasteiger partial charge in [-0.2, -0.15) is 0 Å². The average molecular weight is 431 g/mol. The summed E-state index contributed by atoms with van der Waals surface area (Å²) >= 11 is 1.75. The summed E-state index contributed by atoms with van der Waals surface area (Å²) in [4.78, 5) is 29.0. The van der Waals surface area contributed by atoms with Crippen LogP contribution in [0.15, 0.2) is 35.7 Å². The van der Waals surface area contributed by atoms with Crippen molar-refractivity contribution in [1.82, 2.24) is 10.2 Å². The highest BCUT2D eigenvalue weighted by Gasteiger charge is 2.29. The van der Waals surface area contributed by atoms with Crippen LogP contribution in [0.5, 0.6) is 5.75 Å². The molecule has 2 amide bonds. The normalized spacial score (nSPS) is 15.2. The van der Waals surface area contributed by atoms with Crippen LogP contribution in [-0.2, 0) is 33.9 Å². The molecule has 1 aliphatic rings. The maximum Gasteiger partial charge on any atom is 0.249 e. The number of amides is 2. The summed E-state index contributed by atoms with van der Waals surface area (Å²) in [5, 5.41) is 4.99. The zero-order valence-electron chi connectivity index (χ0n) is 17.8. The van der Waals surface area contributed by atoms with E-state index in [1.54, 1.807) is 25.4 Å². The Morgan fingerprint density at radius 3 is 2.90 bits per heavy atom. The molecule has 1 aliphatic heterocycles. The third-order valence-electron chi connectivity index (χ3n) is 5.31. The molecule has 2 unspecified atom stereocenters. The van der Waals surface area contributed by atoms with Gasteiger partial charge in [0.2, 0.25) is 11.8 Å². The van der Waals surface area contributed by atoms with E-state index in [2.05, 4.69) is 16.8 Å². The number of carbonyl (C=O) groups is 2. The van der Waals surface area contributed by atoms with Crippen molar-refractivity contribution < 1.29 is 19.1 Å². The number of nitrogens with zero attached hydrogens (tertiary/aromatic N) is 1. The van der Waals surface area contributed by atoms with Crippen molar-refractivity contribution in [3.8, 4) is 5.75 Å². The van der Waals surface area contributed by atoms with Gasteiger partial charge in [-0.15, -0.1) is 11.3 Å². The molecule has 0 saturated heterocycles. The van der Waals surface area contributed by atoms with Gasteiger partial charge in [0.15, 0.2) is 0 Å². The van der Waals surface area contributed by atoms with Crippen LogP contribution in [0.2, 0.25) is 0 Å². The van der Waals surface area contributed by atoms with Gasteiger partial charge < -0.3 is 19.7 Å².